The summed E-state index contributed by atoms with van der Waals surface area (Å²) in [6, 6.07) is 0.527. The van der Waals surface area contributed by atoms with Crippen LogP contribution in [0.1, 0.15) is 50.8 Å². The number of hydrogen-bond acceptors (Lipinski definition) is 7. The second-order valence-corrected chi connectivity index (χ2v) is 9.86. The standard InChI is InChI=1S/C25H44N6O2/c1-5-8-31-18-19(13-20-15-22-21(16-23(20)31)17-27-25(26)28-22)14-24(32)30(6-2)11-10-29(3)9-7-12-33-4/h17,19-20,23H,5-16,18H2,1-4H3,(H2,26,27,28)/t19-,20-,23-/m1/s1. The molecule has 8 nitrogen and oxygen atoms in total. The molecule has 0 radical (unpaired) electrons. The van der Waals surface area contributed by atoms with Crippen LogP contribution in [-0.4, -0.2) is 96.6 Å². The van der Waals surface area contributed by atoms with Crippen molar-refractivity contribution in [3.05, 3.63) is 17.5 Å². The summed E-state index contributed by atoms with van der Waals surface area (Å²) >= 11 is 0. The van der Waals surface area contributed by atoms with Crippen molar-refractivity contribution in [1.29, 1.82) is 0 Å². The molecule has 1 amide bonds. The number of nitrogens with zero attached hydrogens (tertiary/aromatic N) is 5. The molecule has 1 aromatic heterocycles. The zero-order valence-electron chi connectivity index (χ0n) is 21.1. The molecule has 1 aliphatic heterocycles. The molecule has 2 aliphatic rings. The SMILES string of the molecule is CCCN1C[C@@H](CC(=O)N(CC)CCN(C)CCCOC)C[C@@H]2Cc3nc(N)ncc3C[C@H]21. The van der Waals surface area contributed by atoms with Gasteiger partial charge in [0.2, 0.25) is 11.9 Å². The molecule has 33 heavy (non-hydrogen) atoms. The number of likely N-dealkylation sites (tertiary alicyclic amines) is 1. The number of ether oxygens (including phenoxy) is 1. The van der Waals surface area contributed by atoms with Gasteiger partial charge in [-0.3, -0.25) is 9.69 Å². The molecule has 1 saturated heterocycles. The van der Waals surface area contributed by atoms with Gasteiger partial charge in [0.25, 0.3) is 0 Å². The van der Waals surface area contributed by atoms with Crippen LogP contribution in [0.15, 0.2) is 6.20 Å². The minimum Gasteiger partial charge on any atom is -0.385 e. The van der Waals surface area contributed by atoms with E-state index < -0.39 is 0 Å². The number of amides is 1. The fourth-order valence-electron chi connectivity index (χ4n) is 5.63. The monoisotopic (exact) mass is 460 g/mol. The molecule has 0 unspecified atom stereocenters. The van der Waals surface area contributed by atoms with Crippen molar-refractivity contribution >= 4 is 11.9 Å². The van der Waals surface area contributed by atoms with Crippen molar-refractivity contribution in [2.75, 3.05) is 65.8 Å². The van der Waals surface area contributed by atoms with Crippen molar-refractivity contribution < 1.29 is 9.53 Å². The summed E-state index contributed by atoms with van der Waals surface area (Å²) in [4.78, 5) is 28.9. The second-order valence-electron chi connectivity index (χ2n) is 9.86. The van der Waals surface area contributed by atoms with Crippen LogP contribution in [0.5, 0.6) is 0 Å². The molecule has 0 aromatic carbocycles. The third-order valence-corrected chi connectivity index (χ3v) is 7.35. The van der Waals surface area contributed by atoms with Crippen LogP contribution in [0.4, 0.5) is 5.95 Å². The first-order chi connectivity index (χ1) is 15.9. The predicted molar refractivity (Wildman–Crippen MR) is 132 cm³/mol. The number of rotatable bonds is 12. The maximum Gasteiger partial charge on any atom is 0.222 e. The minimum atomic E-state index is 0.297. The average Bonchev–Trinajstić information content (AvgIpc) is 2.78. The molecule has 0 spiro atoms. The Morgan fingerprint density at radius 1 is 1.27 bits per heavy atom. The van der Waals surface area contributed by atoms with Gasteiger partial charge in [-0.15, -0.1) is 0 Å². The van der Waals surface area contributed by atoms with Crippen LogP contribution in [0.25, 0.3) is 0 Å². The van der Waals surface area contributed by atoms with Crippen molar-refractivity contribution in [2.24, 2.45) is 11.8 Å². The Hall–Kier alpha value is -1.77. The lowest BCUT2D eigenvalue weighted by Gasteiger charge is -2.47. The topological polar surface area (TPSA) is 87.8 Å². The number of nitrogens with two attached hydrogens (primary N) is 1. The number of nitrogen functional groups attached to an aromatic ring is 1. The van der Waals surface area contributed by atoms with Crippen molar-refractivity contribution in [3.63, 3.8) is 0 Å². The largest absolute Gasteiger partial charge is 0.385 e. The predicted octanol–water partition coefficient (Wildman–Crippen LogP) is 2.08. The lowest BCUT2D eigenvalue weighted by atomic mass is 9.73. The lowest BCUT2D eigenvalue weighted by molar-refractivity contribution is -0.133. The second kappa shape index (κ2) is 12.6. The zero-order valence-corrected chi connectivity index (χ0v) is 21.1. The van der Waals surface area contributed by atoms with Crippen molar-refractivity contribution in [2.45, 2.75) is 58.4 Å². The van der Waals surface area contributed by atoms with Gasteiger partial charge in [0.15, 0.2) is 0 Å². The van der Waals surface area contributed by atoms with Gasteiger partial charge in [-0.2, -0.15) is 0 Å². The summed E-state index contributed by atoms with van der Waals surface area (Å²) in [5, 5.41) is 0. The smallest absolute Gasteiger partial charge is 0.222 e. The number of methoxy groups -OCH3 is 1. The number of anilines is 1. The van der Waals surface area contributed by atoms with E-state index in [2.05, 4.69) is 40.7 Å². The molecule has 0 bridgehead atoms. The molecule has 1 aromatic rings. The van der Waals surface area contributed by atoms with Crippen LogP contribution in [0.3, 0.4) is 0 Å². The zero-order chi connectivity index (χ0) is 23.8. The molecule has 8 heteroatoms. The minimum absolute atomic E-state index is 0.297. The average molecular weight is 461 g/mol. The van der Waals surface area contributed by atoms with Crippen LogP contribution in [0.2, 0.25) is 0 Å². The van der Waals surface area contributed by atoms with Crippen LogP contribution < -0.4 is 5.73 Å². The number of fused-ring (bicyclic) bond motifs is 2. The van der Waals surface area contributed by atoms with E-state index in [4.69, 9.17) is 10.5 Å². The quantitative estimate of drug-likeness (QED) is 0.478. The molecule has 1 aliphatic carbocycles. The normalized spacial score (nSPS) is 22.8. The Labute approximate surface area is 199 Å². The number of carbonyl (C=O) groups excluding carboxylic acids is 1. The van der Waals surface area contributed by atoms with Crippen molar-refractivity contribution in [3.8, 4) is 0 Å². The fraction of sp³-hybridized carbons (Fsp3) is 0.800. The fourth-order valence-corrected chi connectivity index (χ4v) is 5.63. The Morgan fingerprint density at radius 3 is 2.82 bits per heavy atom. The highest BCUT2D eigenvalue weighted by molar-refractivity contribution is 5.76. The molecule has 2 N–H and O–H groups in total. The van der Waals surface area contributed by atoms with E-state index in [1.165, 1.54) is 5.56 Å². The van der Waals surface area contributed by atoms with Gasteiger partial charge in [-0.25, -0.2) is 9.97 Å². The van der Waals surface area contributed by atoms with Gasteiger partial charge in [0.1, 0.15) is 0 Å². The first kappa shape index (κ1) is 25.8. The number of hydrogen-bond donors (Lipinski definition) is 1. The molecule has 3 atom stereocenters. The summed E-state index contributed by atoms with van der Waals surface area (Å²) in [5.41, 5.74) is 8.21. The Morgan fingerprint density at radius 2 is 2.09 bits per heavy atom. The first-order valence-electron chi connectivity index (χ1n) is 12.7. The van der Waals surface area contributed by atoms with Gasteiger partial charge >= 0.3 is 0 Å². The van der Waals surface area contributed by atoms with E-state index in [0.717, 1.165) is 83.7 Å². The molecule has 186 valence electrons. The van der Waals surface area contributed by atoms with Gasteiger partial charge in [-0.05, 0) is 70.0 Å². The van der Waals surface area contributed by atoms with E-state index in [0.29, 0.717) is 36.2 Å². The highest BCUT2D eigenvalue weighted by Gasteiger charge is 2.40. The van der Waals surface area contributed by atoms with E-state index in [-0.39, 0.29) is 0 Å². The highest BCUT2D eigenvalue weighted by Crippen LogP contribution is 2.37. The summed E-state index contributed by atoms with van der Waals surface area (Å²) in [7, 11) is 3.86. The van der Waals surface area contributed by atoms with Gasteiger partial charge < -0.3 is 20.3 Å². The number of likely N-dealkylation sites (N-methyl/N-ethyl adjacent to an activating group) is 2. The Kier molecular flexibility index (Phi) is 9.89. The molecule has 2 heterocycles. The summed E-state index contributed by atoms with van der Waals surface area (Å²) in [5.74, 6) is 1.60. The van der Waals surface area contributed by atoms with Gasteiger partial charge in [-0.1, -0.05) is 6.92 Å². The lowest BCUT2D eigenvalue weighted by Crippen LogP contribution is -2.53. The third-order valence-electron chi connectivity index (χ3n) is 7.35. The van der Waals surface area contributed by atoms with Crippen LogP contribution in [0, 0.1) is 11.8 Å². The first-order valence-corrected chi connectivity index (χ1v) is 12.7. The summed E-state index contributed by atoms with van der Waals surface area (Å²) in [6.07, 6.45) is 7.74. The maximum absolute atomic E-state index is 13.2. The van der Waals surface area contributed by atoms with E-state index in [9.17, 15) is 4.79 Å². The Bertz CT molecular complexity index is 760. The van der Waals surface area contributed by atoms with Crippen LogP contribution >= 0.6 is 0 Å². The number of piperidine rings is 1. The molecular formula is C25H44N6O2. The highest BCUT2D eigenvalue weighted by atomic mass is 16.5. The van der Waals surface area contributed by atoms with Crippen molar-refractivity contribution in [1.82, 2.24) is 24.7 Å². The van der Waals surface area contributed by atoms with E-state index >= 15 is 0 Å². The van der Waals surface area contributed by atoms with Gasteiger partial charge in [0.05, 0.1) is 0 Å². The van der Waals surface area contributed by atoms with Crippen LogP contribution in [-0.2, 0) is 22.4 Å². The van der Waals surface area contributed by atoms with E-state index in [1.54, 1.807) is 7.11 Å². The molecule has 1 fully saturated rings. The number of carbonyl (C=O) groups is 1. The third kappa shape index (κ3) is 7.11. The molecular weight excluding hydrogens is 416 g/mol. The van der Waals surface area contributed by atoms with Gasteiger partial charge in [0, 0.05) is 70.8 Å². The number of aromatic nitrogens is 2. The molecule has 0 saturated carbocycles. The summed E-state index contributed by atoms with van der Waals surface area (Å²) < 4.78 is 5.14. The Balaban J connectivity index is 1.58. The maximum atomic E-state index is 13.2. The molecule has 3 rings (SSSR count). The van der Waals surface area contributed by atoms with E-state index in [1.807, 2.05) is 11.1 Å². The summed E-state index contributed by atoms with van der Waals surface area (Å²) in [6.45, 7) is 10.7.